The molecule has 0 aliphatic carbocycles. The first-order valence-corrected chi connectivity index (χ1v) is 5.81. The summed E-state index contributed by atoms with van der Waals surface area (Å²) in [5, 5.41) is 19.7. The quantitative estimate of drug-likeness (QED) is 0.789. The number of carboxylic acids is 1. The van der Waals surface area contributed by atoms with Gasteiger partial charge in [-0.1, -0.05) is 0 Å². The Morgan fingerprint density at radius 1 is 1.44 bits per heavy atom. The largest absolute Gasteiger partial charge is 0.478 e. The molecule has 2 amide bonds. The maximum atomic E-state index is 11.6. The van der Waals surface area contributed by atoms with Gasteiger partial charge in [-0.2, -0.15) is 5.10 Å². The second kappa shape index (κ2) is 4.88. The van der Waals surface area contributed by atoms with Crippen molar-refractivity contribution >= 4 is 34.0 Å². The molecule has 0 saturated carbocycles. The lowest BCUT2D eigenvalue weighted by Gasteiger charge is -2.04. The molecule has 8 heteroatoms. The summed E-state index contributed by atoms with van der Waals surface area (Å²) >= 11 is 1.15. The van der Waals surface area contributed by atoms with Crippen LogP contribution >= 0.6 is 11.3 Å². The van der Waals surface area contributed by atoms with Gasteiger partial charge in [-0.3, -0.25) is 10.00 Å². The van der Waals surface area contributed by atoms with Crippen LogP contribution in [0.4, 0.5) is 15.5 Å². The number of hydrogen-bond donors (Lipinski definition) is 3. The van der Waals surface area contributed by atoms with Crippen LogP contribution in [0.15, 0.2) is 23.8 Å². The number of carbonyl (C=O) groups is 2. The third-order valence-corrected chi connectivity index (χ3v) is 2.92. The standard InChI is InChI=1S/C10H10N4O3S/c1-14-5-6(4-11-14)12-10(17)13-8-7(9(15)16)2-3-18-8/h2-5H,1H3,(H,15,16)(H2,12,13,17). The molecule has 2 rings (SSSR count). The highest BCUT2D eigenvalue weighted by Gasteiger charge is 2.13. The number of nitrogens with one attached hydrogen (secondary N) is 2. The summed E-state index contributed by atoms with van der Waals surface area (Å²) < 4.78 is 1.55. The molecule has 0 radical (unpaired) electrons. The Morgan fingerprint density at radius 2 is 2.22 bits per heavy atom. The number of aryl methyl sites for hydroxylation is 1. The van der Waals surface area contributed by atoms with Crippen molar-refractivity contribution < 1.29 is 14.7 Å². The van der Waals surface area contributed by atoms with Gasteiger partial charge < -0.3 is 10.4 Å². The van der Waals surface area contributed by atoms with E-state index in [1.807, 2.05) is 0 Å². The van der Waals surface area contributed by atoms with Crippen molar-refractivity contribution in [3.63, 3.8) is 0 Å². The number of aromatic nitrogens is 2. The molecule has 18 heavy (non-hydrogen) atoms. The molecule has 0 saturated heterocycles. The summed E-state index contributed by atoms with van der Waals surface area (Å²) in [7, 11) is 1.73. The number of thiophene rings is 1. The second-order valence-electron chi connectivity index (χ2n) is 3.45. The van der Waals surface area contributed by atoms with Gasteiger partial charge in [0.15, 0.2) is 0 Å². The van der Waals surface area contributed by atoms with Crippen LogP contribution in [-0.2, 0) is 7.05 Å². The van der Waals surface area contributed by atoms with E-state index in [0.717, 1.165) is 11.3 Å². The van der Waals surface area contributed by atoms with Crippen molar-refractivity contribution in [2.45, 2.75) is 0 Å². The molecule has 2 heterocycles. The van der Waals surface area contributed by atoms with Gasteiger partial charge in [0.25, 0.3) is 0 Å². The summed E-state index contributed by atoms with van der Waals surface area (Å²) in [6.07, 6.45) is 3.12. The van der Waals surface area contributed by atoms with Gasteiger partial charge in [-0.25, -0.2) is 9.59 Å². The second-order valence-corrected chi connectivity index (χ2v) is 4.37. The summed E-state index contributed by atoms with van der Waals surface area (Å²) in [4.78, 5) is 22.5. The normalized spacial score (nSPS) is 10.1. The number of hydrogen-bond acceptors (Lipinski definition) is 4. The number of urea groups is 1. The van der Waals surface area contributed by atoms with Crippen molar-refractivity contribution in [3.05, 3.63) is 29.4 Å². The molecule has 2 aromatic heterocycles. The van der Waals surface area contributed by atoms with Crippen molar-refractivity contribution in [2.75, 3.05) is 10.6 Å². The number of anilines is 2. The number of rotatable bonds is 3. The van der Waals surface area contributed by atoms with Gasteiger partial charge in [0.1, 0.15) is 5.00 Å². The summed E-state index contributed by atoms with van der Waals surface area (Å²) in [5.41, 5.74) is 0.602. The lowest BCUT2D eigenvalue weighted by Crippen LogP contribution is -2.19. The van der Waals surface area contributed by atoms with E-state index < -0.39 is 12.0 Å². The molecule has 94 valence electrons. The predicted molar refractivity (Wildman–Crippen MR) is 67.1 cm³/mol. The van der Waals surface area contributed by atoms with Crippen LogP contribution in [0, 0.1) is 0 Å². The fourth-order valence-corrected chi connectivity index (χ4v) is 2.10. The van der Waals surface area contributed by atoms with E-state index in [1.54, 1.807) is 23.3 Å². The minimum atomic E-state index is -1.08. The molecule has 0 fully saturated rings. The molecule has 3 N–H and O–H groups in total. The van der Waals surface area contributed by atoms with Crippen LogP contribution in [0.2, 0.25) is 0 Å². The maximum absolute atomic E-state index is 11.6. The minimum absolute atomic E-state index is 0.0707. The first-order valence-electron chi connectivity index (χ1n) is 4.93. The van der Waals surface area contributed by atoms with Crippen molar-refractivity contribution in [2.24, 2.45) is 7.05 Å². The van der Waals surface area contributed by atoms with E-state index in [4.69, 9.17) is 5.11 Å². The first-order chi connectivity index (χ1) is 8.56. The number of carbonyl (C=O) groups excluding carboxylic acids is 1. The average molecular weight is 266 g/mol. The smallest absolute Gasteiger partial charge is 0.338 e. The molecular formula is C10H10N4O3S. The Kier molecular flexibility index (Phi) is 3.28. The molecule has 0 atom stereocenters. The summed E-state index contributed by atoms with van der Waals surface area (Å²) in [6.45, 7) is 0. The third kappa shape index (κ3) is 2.66. The summed E-state index contributed by atoms with van der Waals surface area (Å²) in [5.74, 6) is -1.08. The fraction of sp³-hybridized carbons (Fsp3) is 0.100. The Bertz CT molecular complexity index is 589. The molecule has 0 aliphatic heterocycles. The van der Waals surface area contributed by atoms with Gasteiger partial charge in [-0.05, 0) is 11.4 Å². The van der Waals surface area contributed by atoms with Gasteiger partial charge in [-0.15, -0.1) is 11.3 Å². The maximum Gasteiger partial charge on any atom is 0.338 e. The van der Waals surface area contributed by atoms with Crippen LogP contribution in [0.25, 0.3) is 0 Å². The molecule has 2 aromatic rings. The van der Waals surface area contributed by atoms with Crippen molar-refractivity contribution in [1.82, 2.24) is 9.78 Å². The number of aromatic carboxylic acids is 1. The van der Waals surface area contributed by atoms with Gasteiger partial charge in [0, 0.05) is 13.2 Å². The molecule has 0 aromatic carbocycles. The van der Waals surface area contributed by atoms with Gasteiger partial charge in [0.05, 0.1) is 17.4 Å². The lowest BCUT2D eigenvalue weighted by molar-refractivity contribution is 0.0698. The molecule has 0 spiro atoms. The zero-order chi connectivity index (χ0) is 13.1. The molecular weight excluding hydrogens is 256 g/mol. The van der Waals surface area contributed by atoms with E-state index >= 15 is 0 Å². The minimum Gasteiger partial charge on any atom is -0.478 e. The van der Waals surface area contributed by atoms with E-state index in [0.29, 0.717) is 10.7 Å². The molecule has 0 unspecified atom stereocenters. The molecule has 7 nitrogen and oxygen atoms in total. The Balaban J connectivity index is 2.03. The number of amides is 2. The number of nitrogens with zero attached hydrogens (tertiary/aromatic N) is 2. The van der Waals surface area contributed by atoms with Gasteiger partial charge in [0.2, 0.25) is 0 Å². The summed E-state index contributed by atoms with van der Waals surface area (Å²) in [6, 6.07) is 0.931. The third-order valence-electron chi connectivity index (χ3n) is 2.09. The number of carboxylic acid groups (broad SMARTS) is 1. The highest BCUT2D eigenvalue weighted by Crippen LogP contribution is 2.23. The highest BCUT2D eigenvalue weighted by molar-refractivity contribution is 7.14. The van der Waals surface area contributed by atoms with E-state index in [-0.39, 0.29) is 5.56 Å². The van der Waals surface area contributed by atoms with E-state index in [9.17, 15) is 9.59 Å². The monoisotopic (exact) mass is 266 g/mol. The Labute approximate surface area is 106 Å². The van der Waals surface area contributed by atoms with Crippen LogP contribution < -0.4 is 10.6 Å². The van der Waals surface area contributed by atoms with Crippen LogP contribution in [-0.4, -0.2) is 26.9 Å². The Morgan fingerprint density at radius 3 is 2.83 bits per heavy atom. The fourth-order valence-electron chi connectivity index (χ4n) is 1.33. The van der Waals surface area contributed by atoms with Crippen LogP contribution in [0.3, 0.4) is 0 Å². The lowest BCUT2D eigenvalue weighted by atomic mass is 10.3. The molecule has 0 aliphatic rings. The van der Waals surface area contributed by atoms with E-state index in [1.165, 1.54) is 12.3 Å². The van der Waals surface area contributed by atoms with Gasteiger partial charge >= 0.3 is 12.0 Å². The zero-order valence-corrected chi connectivity index (χ0v) is 10.2. The zero-order valence-electron chi connectivity index (χ0n) is 9.38. The van der Waals surface area contributed by atoms with Crippen LogP contribution in [0.1, 0.15) is 10.4 Å². The Hall–Kier alpha value is -2.35. The van der Waals surface area contributed by atoms with Crippen molar-refractivity contribution in [3.8, 4) is 0 Å². The predicted octanol–water partition coefficient (Wildman–Crippen LogP) is 1.82. The van der Waals surface area contributed by atoms with E-state index in [2.05, 4.69) is 15.7 Å². The average Bonchev–Trinajstić information content (AvgIpc) is 2.87. The molecule has 0 bridgehead atoms. The van der Waals surface area contributed by atoms with Crippen LogP contribution in [0.5, 0.6) is 0 Å². The first kappa shape index (κ1) is 12.1. The topological polar surface area (TPSA) is 96.2 Å². The highest BCUT2D eigenvalue weighted by atomic mass is 32.1. The van der Waals surface area contributed by atoms with Crippen molar-refractivity contribution in [1.29, 1.82) is 0 Å². The SMILES string of the molecule is Cn1cc(NC(=O)Nc2sccc2C(=O)O)cn1.